The van der Waals surface area contributed by atoms with Crippen LogP contribution in [0.15, 0.2) is 76.8 Å². The average molecular weight is 489 g/mol. The summed E-state index contributed by atoms with van der Waals surface area (Å²) in [7, 11) is 1.63. The summed E-state index contributed by atoms with van der Waals surface area (Å²) < 4.78 is 6.73. The number of carbonyl (C=O) groups is 1. The number of fused-ring (bicyclic) bond motifs is 1. The summed E-state index contributed by atoms with van der Waals surface area (Å²) in [4.78, 5) is 35.4. The van der Waals surface area contributed by atoms with Crippen LogP contribution in [0.5, 0.6) is 5.75 Å². The first kappa shape index (κ1) is 24.5. The molecule has 4 aromatic rings. The molecule has 4 rings (SSSR count). The first-order valence-electron chi connectivity index (χ1n) is 11.4. The van der Waals surface area contributed by atoms with E-state index in [1.807, 2.05) is 55.5 Å². The number of rotatable bonds is 8. The first-order chi connectivity index (χ1) is 16.9. The Morgan fingerprint density at radius 2 is 1.86 bits per heavy atom. The van der Waals surface area contributed by atoms with Gasteiger partial charge in [0.1, 0.15) is 11.6 Å². The van der Waals surface area contributed by atoms with Crippen molar-refractivity contribution < 1.29 is 9.53 Å². The maximum atomic E-state index is 13.4. The lowest BCUT2D eigenvalue weighted by molar-refractivity contribution is -0.119. The van der Waals surface area contributed by atoms with Crippen molar-refractivity contribution in [2.45, 2.75) is 32.0 Å². The molecule has 1 N–H and O–H groups in total. The molecule has 0 aliphatic heterocycles. The summed E-state index contributed by atoms with van der Waals surface area (Å²) >= 11 is 1.22. The Morgan fingerprint density at radius 1 is 1.11 bits per heavy atom. The molecule has 7 nitrogen and oxygen atoms in total. The van der Waals surface area contributed by atoms with Crippen molar-refractivity contribution in [3.05, 3.63) is 88.3 Å². The smallest absolute Gasteiger partial charge is 0.267 e. The van der Waals surface area contributed by atoms with E-state index in [2.05, 4.69) is 24.1 Å². The van der Waals surface area contributed by atoms with Gasteiger partial charge in [-0.25, -0.2) is 14.5 Å². The molecule has 0 fully saturated rings. The second-order valence-corrected chi connectivity index (χ2v) is 9.54. The van der Waals surface area contributed by atoms with Gasteiger partial charge in [-0.2, -0.15) is 0 Å². The number of nitrogens with one attached hydrogen (secondary N) is 1. The fourth-order valence-electron chi connectivity index (χ4n) is 3.85. The summed E-state index contributed by atoms with van der Waals surface area (Å²) in [5.41, 5.74) is 2.35. The van der Waals surface area contributed by atoms with Crippen LogP contribution in [0.3, 0.4) is 0 Å². The summed E-state index contributed by atoms with van der Waals surface area (Å²) in [5.74, 6) is 1.40. The zero-order chi connectivity index (χ0) is 24.9. The minimum Gasteiger partial charge on any atom is -0.497 e. The Bertz CT molecular complexity index is 1400. The molecule has 0 spiro atoms. The number of hydrogen-bond donors (Lipinski definition) is 1. The van der Waals surface area contributed by atoms with Crippen LogP contribution in [0, 0.1) is 12.8 Å². The van der Waals surface area contributed by atoms with Crippen LogP contribution in [0.25, 0.3) is 16.7 Å². The van der Waals surface area contributed by atoms with Crippen molar-refractivity contribution in [3.63, 3.8) is 0 Å². The van der Waals surface area contributed by atoms with Crippen LogP contribution >= 0.6 is 11.8 Å². The average Bonchev–Trinajstić information content (AvgIpc) is 2.86. The van der Waals surface area contributed by atoms with Gasteiger partial charge in [-0.1, -0.05) is 49.9 Å². The van der Waals surface area contributed by atoms with Crippen molar-refractivity contribution in [2.24, 2.45) is 5.92 Å². The standard InChI is InChI=1S/C27H28N4O3S/c1-17(2)25(19-9-11-20(34-4)12-10-19)30-24(32)16-35-27-29-22-8-6-5-7-21(22)26(33)31(27)23-15-18(3)13-14-28-23/h5-15,17,25H,16H2,1-4H3,(H,30,32). The fourth-order valence-corrected chi connectivity index (χ4v) is 4.66. The normalized spacial score (nSPS) is 12.0. The number of aromatic nitrogens is 3. The molecule has 1 amide bonds. The van der Waals surface area contributed by atoms with Crippen molar-refractivity contribution >= 4 is 28.6 Å². The molecule has 180 valence electrons. The van der Waals surface area contributed by atoms with Crippen molar-refractivity contribution in [1.82, 2.24) is 19.9 Å². The van der Waals surface area contributed by atoms with E-state index >= 15 is 0 Å². The summed E-state index contributed by atoms with van der Waals surface area (Å²) in [6.07, 6.45) is 1.66. The zero-order valence-electron chi connectivity index (χ0n) is 20.2. The molecule has 2 heterocycles. The number of methoxy groups -OCH3 is 1. The number of amides is 1. The molecule has 0 saturated heterocycles. The van der Waals surface area contributed by atoms with E-state index in [0.29, 0.717) is 21.9 Å². The van der Waals surface area contributed by atoms with Crippen LogP contribution in [-0.4, -0.2) is 33.3 Å². The van der Waals surface area contributed by atoms with E-state index in [1.165, 1.54) is 16.3 Å². The number of thioether (sulfide) groups is 1. The number of para-hydroxylation sites is 1. The quantitative estimate of drug-likeness (QED) is 0.286. The Labute approximate surface area is 208 Å². The highest BCUT2D eigenvalue weighted by molar-refractivity contribution is 7.99. The Balaban J connectivity index is 1.60. The maximum absolute atomic E-state index is 13.4. The predicted octanol–water partition coefficient (Wildman–Crippen LogP) is 4.70. The highest BCUT2D eigenvalue weighted by Crippen LogP contribution is 2.25. The third kappa shape index (κ3) is 5.54. The third-order valence-corrected chi connectivity index (χ3v) is 6.60. The van der Waals surface area contributed by atoms with E-state index in [0.717, 1.165) is 16.9 Å². The highest BCUT2D eigenvalue weighted by atomic mass is 32.2. The number of pyridine rings is 1. The zero-order valence-corrected chi connectivity index (χ0v) is 21.0. The predicted molar refractivity (Wildman–Crippen MR) is 139 cm³/mol. The second kappa shape index (κ2) is 10.7. The number of nitrogens with zero attached hydrogens (tertiary/aromatic N) is 3. The van der Waals surface area contributed by atoms with Crippen LogP contribution in [-0.2, 0) is 4.79 Å². The molecule has 8 heteroatoms. The third-order valence-electron chi connectivity index (χ3n) is 5.67. The second-order valence-electron chi connectivity index (χ2n) is 8.59. The molecule has 0 radical (unpaired) electrons. The van der Waals surface area contributed by atoms with E-state index in [1.54, 1.807) is 25.4 Å². The molecule has 1 atom stereocenters. The lowest BCUT2D eigenvalue weighted by atomic mass is 9.96. The van der Waals surface area contributed by atoms with Gasteiger partial charge in [-0.3, -0.25) is 9.59 Å². The minimum absolute atomic E-state index is 0.107. The summed E-state index contributed by atoms with van der Waals surface area (Å²) in [6.45, 7) is 6.07. The van der Waals surface area contributed by atoms with E-state index < -0.39 is 0 Å². The van der Waals surface area contributed by atoms with Gasteiger partial charge in [-0.05, 0) is 60.4 Å². The number of ether oxygens (including phenoxy) is 1. The molecule has 35 heavy (non-hydrogen) atoms. The van der Waals surface area contributed by atoms with Crippen molar-refractivity contribution in [1.29, 1.82) is 0 Å². The van der Waals surface area contributed by atoms with Crippen molar-refractivity contribution in [2.75, 3.05) is 12.9 Å². The van der Waals surface area contributed by atoms with Crippen LogP contribution in [0.4, 0.5) is 0 Å². The Kier molecular flexibility index (Phi) is 7.51. The molecule has 0 aliphatic carbocycles. The fraction of sp³-hybridized carbons (Fsp3) is 0.259. The van der Waals surface area contributed by atoms with Crippen LogP contribution in [0.2, 0.25) is 0 Å². The largest absolute Gasteiger partial charge is 0.497 e. The Morgan fingerprint density at radius 3 is 2.54 bits per heavy atom. The van der Waals surface area contributed by atoms with Gasteiger partial charge in [0, 0.05) is 6.20 Å². The summed E-state index contributed by atoms with van der Waals surface area (Å²) in [6, 6.07) is 18.4. The molecule has 0 saturated carbocycles. The molecule has 0 aliphatic rings. The van der Waals surface area contributed by atoms with E-state index in [4.69, 9.17) is 9.72 Å². The van der Waals surface area contributed by atoms with Gasteiger partial charge in [-0.15, -0.1) is 0 Å². The maximum Gasteiger partial charge on any atom is 0.267 e. The molecule has 2 aromatic heterocycles. The van der Waals surface area contributed by atoms with Crippen molar-refractivity contribution in [3.8, 4) is 11.6 Å². The van der Waals surface area contributed by atoms with Gasteiger partial charge >= 0.3 is 0 Å². The topological polar surface area (TPSA) is 86.1 Å². The minimum atomic E-state index is -0.213. The number of carbonyl (C=O) groups excluding carboxylic acids is 1. The lowest BCUT2D eigenvalue weighted by Crippen LogP contribution is -2.33. The molecule has 2 aromatic carbocycles. The van der Waals surface area contributed by atoms with E-state index in [-0.39, 0.29) is 29.2 Å². The molecule has 1 unspecified atom stereocenters. The number of benzene rings is 2. The summed E-state index contributed by atoms with van der Waals surface area (Å²) in [5, 5.41) is 4.06. The lowest BCUT2D eigenvalue weighted by Gasteiger charge is -2.23. The number of hydrogen-bond acceptors (Lipinski definition) is 6. The van der Waals surface area contributed by atoms with E-state index in [9.17, 15) is 9.59 Å². The van der Waals surface area contributed by atoms with Gasteiger partial charge in [0.2, 0.25) is 5.91 Å². The molecular formula is C27H28N4O3S. The van der Waals surface area contributed by atoms with Gasteiger partial charge in [0.25, 0.3) is 5.56 Å². The van der Waals surface area contributed by atoms with Crippen LogP contribution in [0.1, 0.15) is 31.0 Å². The van der Waals surface area contributed by atoms with Crippen LogP contribution < -0.4 is 15.6 Å². The van der Waals surface area contributed by atoms with Gasteiger partial charge in [0.05, 0.1) is 29.8 Å². The highest BCUT2D eigenvalue weighted by Gasteiger charge is 2.20. The molecular weight excluding hydrogens is 460 g/mol. The number of aryl methyl sites for hydroxylation is 1. The van der Waals surface area contributed by atoms with Gasteiger partial charge < -0.3 is 10.1 Å². The SMILES string of the molecule is COc1ccc(C(NC(=O)CSc2nc3ccccc3c(=O)n2-c2cc(C)ccn2)C(C)C)cc1. The molecule has 0 bridgehead atoms. The Hall–Kier alpha value is -3.65. The monoisotopic (exact) mass is 488 g/mol. The van der Waals surface area contributed by atoms with Gasteiger partial charge in [0.15, 0.2) is 5.16 Å². The first-order valence-corrected chi connectivity index (χ1v) is 12.4.